The average Bonchev–Trinajstić information content (AvgIpc) is 2.73. The van der Waals surface area contributed by atoms with Crippen LogP contribution in [0.1, 0.15) is 20.7 Å². The average molecular weight is 288 g/mol. The molecule has 1 aromatic carbocycles. The van der Waals surface area contributed by atoms with E-state index < -0.39 is 17.7 Å². The molecule has 1 fully saturated rings. The van der Waals surface area contributed by atoms with E-state index in [2.05, 4.69) is 5.32 Å². The Bertz CT molecular complexity index is 623. The fourth-order valence-corrected chi connectivity index (χ4v) is 2.67. The molecule has 0 unspecified atom stereocenters. The minimum Gasteiger partial charge on any atom is -0.398 e. The van der Waals surface area contributed by atoms with Crippen LogP contribution in [0.5, 0.6) is 0 Å². The number of hydrogen-bond acceptors (Lipinski definition) is 6. The molecule has 3 amide bonds. The zero-order chi connectivity index (χ0) is 15.0. The van der Waals surface area contributed by atoms with Crippen LogP contribution in [0.25, 0.3) is 0 Å². The van der Waals surface area contributed by atoms with Gasteiger partial charge in [0, 0.05) is 31.9 Å². The van der Waals surface area contributed by atoms with Crippen LogP contribution in [0.15, 0.2) is 18.2 Å². The molecule has 0 saturated carbocycles. The summed E-state index contributed by atoms with van der Waals surface area (Å²) in [6.45, 7) is 3.09. The molecule has 110 valence electrons. The van der Waals surface area contributed by atoms with Crippen LogP contribution in [0.2, 0.25) is 0 Å². The number of hydrogen-bond donors (Lipinski definition) is 2. The van der Waals surface area contributed by atoms with E-state index in [0.29, 0.717) is 4.90 Å². The molecule has 0 radical (unpaired) electrons. The Morgan fingerprint density at radius 1 is 1.19 bits per heavy atom. The Hall–Kier alpha value is -2.25. The van der Waals surface area contributed by atoms with E-state index in [0.717, 1.165) is 26.2 Å². The van der Waals surface area contributed by atoms with E-state index in [1.807, 2.05) is 4.90 Å². The maximum atomic E-state index is 12.3. The summed E-state index contributed by atoms with van der Waals surface area (Å²) in [7, 11) is 0. The van der Waals surface area contributed by atoms with Crippen LogP contribution in [0.4, 0.5) is 5.69 Å². The minimum atomic E-state index is -0.617. The van der Waals surface area contributed by atoms with Crippen molar-refractivity contribution in [3.63, 3.8) is 0 Å². The summed E-state index contributed by atoms with van der Waals surface area (Å²) in [5.74, 6) is -1.70. The molecule has 0 bridgehead atoms. The molecule has 0 aromatic heterocycles. The third-order valence-corrected chi connectivity index (χ3v) is 3.77. The van der Waals surface area contributed by atoms with Crippen LogP contribution in [0, 0.1) is 0 Å². The third-order valence-electron chi connectivity index (χ3n) is 3.77. The van der Waals surface area contributed by atoms with E-state index in [4.69, 9.17) is 5.73 Å². The molecule has 21 heavy (non-hydrogen) atoms. The standard InChI is InChI=1S/C14H16N4O3/c15-10-3-1-2-9-12(10)14(21)18(13(9)20)11(19)8-17-6-4-16-5-7-17/h1-3,16H,4-8,15H2. The maximum absolute atomic E-state index is 12.3. The monoisotopic (exact) mass is 288 g/mol. The summed E-state index contributed by atoms with van der Waals surface area (Å²) in [6, 6.07) is 4.67. The second-order valence-electron chi connectivity index (χ2n) is 5.14. The first-order valence-corrected chi connectivity index (χ1v) is 6.83. The molecule has 7 heteroatoms. The van der Waals surface area contributed by atoms with Crippen LogP contribution in [-0.4, -0.2) is 60.2 Å². The number of imide groups is 3. The summed E-state index contributed by atoms with van der Waals surface area (Å²) in [4.78, 5) is 39.5. The van der Waals surface area contributed by atoms with Gasteiger partial charge in [0.1, 0.15) is 0 Å². The van der Waals surface area contributed by atoms with Gasteiger partial charge in [0.05, 0.1) is 17.7 Å². The number of piperazine rings is 1. The number of nitrogen functional groups attached to an aromatic ring is 1. The number of carbonyl (C=O) groups is 3. The number of fused-ring (bicyclic) bond motifs is 1. The fraction of sp³-hybridized carbons (Fsp3) is 0.357. The van der Waals surface area contributed by atoms with E-state index >= 15 is 0 Å². The van der Waals surface area contributed by atoms with E-state index in [-0.39, 0.29) is 23.4 Å². The van der Waals surface area contributed by atoms with Crippen molar-refractivity contribution in [2.45, 2.75) is 0 Å². The normalized spacial score (nSPS) is 19.0. The van der Waals surface area contributed by atoms with Crippen molar-refractivity contribution >= 4 is 23.4 Å². The number of anilines is 1. The summed E-state index contributed by atoms with van der Waals surface area (Å²) in [6.07, 6.45) is 0. The summed E-state index contributed by atoms with van der Waals surface area (Å²) >= 11 is 0. The van der Waals surface area contributed by atoms with Crippen LogP contribution < -0.4 is 11.1 Å². The number of nitrogens with two attached hydrogens (primary N) is 1. The molecule has 3 N–H and O–H groups in total. The number of amides is 3. The molecule has 2 aliphatic heterocycles. The van der Waals surface area contributed by atoms with Crippen molar-refractivity contribution in [1.29, 1.82) is 0 Å². The van der Waals surface area contributed by atoms with Gasteiger partial charge in [0.2, 0.25) is 0 Å². The number of nitrogens with zero attached hydrogens (tertiary/aromatic N) is 2. The van der Waals surface area contributed by atoms with Gasteiger partial charge in [-0.25, -0.2) is 4.90 Å². The molecule has 0 aliphatic carbocycles. The first-order valence-electron chi connectivity index (χ1n) is 6.83. The quantitative estimate of drug-likeness (QED) is 0.552. The molecule has 7 nitrogen and oxygen atoms in total. The Balaban J connectivity index is 1.81. The highest BCUT2D eigenvalue weighted by molar-refractivity contribution is 6.30. The Morgan fingerprint density at radius 2 is 1.90 bits per heavy atom. The van der Waals surface area contributed by atoms with Gasteiger partial charge >= 0.3 is 0 Å². The van der Waals surface area contributed by atoms with Gasteiger partial charge in [-0.15, -0.1) is 0 Å². The van der Waals surface area contributed by atoms with Crippen LogP contribution >= 0.6 is 0 Å². The molecule has 2 heterocycles. The molecule has 1 aromatic rings. The predicted molar refractivity (Wildman–Crippen MR) is 75.7 cm³/mol. The second-order valence-corrected chi connectivity index (χ2v) is 5.14. The molecule has 2 aliphatic rings. The number of nitrogens with one attached hydrogen (secondary N) is 1. The third kappa shape index (κ3) is 2.30. The Kier molecular flexibility index (Phi) is 3.44. The molecule has 0 atom stereocenters. The molecule has 1 saturated heterocycles. The lowest BCUT2D eigenvalue weighted by Crippen LogP contribution is -2.49. The first kappa shape index (κ1) is 13.7. The van der Waals surface area contributed by atoms with Gasteiger partial charge in [-0.05, 0) is 12.1 Å². The van der Waals surface area contributed by atoms with Gasteiger partial charge in [-0.1, -0.05) is 6.07 Å². The molecule has 0 spiro atoms. The lowest BCUT2D eigenvalue weighted by molar-refractivity contribution is -0.127. The predicted octanol–water partition coefficient (Wildman–Crippen LogP) is -0.703. The van der Waals surface area contributed by atoms with Gasteiger partial charge in [-0.2, -0.15) is 0 Å². The highest BCUT2D eigenvalue weighted by Gasteiger charge is 2.41. The van der Waals surface area contributed by atoms with E-state index in [1.54, 1.807) is 12.1 Å². The molecular weight excluding hydrogens is 272 g/mol. The lowest BCUT2D eigenvalue weighted by atomic mass is 10.1. The molecular formula is C14H16N4O3. The minimum absolute atomic E-state index is 0.0626. The van der Waals surface area contributed by atoms with E-state index in [9.17, 15) is 14.4 Å². The lowest BCUT2D eigenvalue weighted by Gasteiger charge is -2.27. The van der Waals surface area contributed by atoms with Crippen LogP contribution in [0.3, 0.4) is 0 Å². The summed E-state index contributed by atoms with van der Waals surface area (Å²) in [5.41, 5.74) is 6.30. The highest BCUT2D eigenvalue weighted by Crippen LogP contribution is 2.27. The number of benzene rings is 1. The van der Waals surface area contributed by atoms with Crippen molar-refractivity contribution in [2.75, 3.05) is 38.5 Å². The van der Waals surface area contributed by atoms with Gasteiger partial charge in [0.15, 0.2) is 0 Å². The zero-order valence-corrected chi connectivity index (χ0v) is 11.5. The van der Waals surface area contributed by atoms with Crippen molar-refractivity contribution in [3.8, 4) is 0 Å². The highest BCUT2D eigenvalue weighted by atomic mass is 16.2. The number of carbonyl (C=O) groups excluding carboxylic acids is 3. The van der Waals surface area contributed by atoms with Gasteiger partial charge in [0.25, 0.3) is 17.7 Å². The fourth-order valence-electron chi connectivity index (χ4n) is 2.67. The van der Waals surface area contributed by atoms with Crippen molar-refractivity contribution < 1.29 is 14.4 Å². The van der Waals surface area contributed by atoms with Gasteiger partial charge in [-0.3, -0.25) is 19.3 Å². The topological polar surface area (TPSA) is 95.7 Å². The van der Waals surface area contributed by atoms with Crippen LogP contribution in [-0.2, 0) is 4.79 Å². The second kappa shape index (κ2) is 5.27. The first-order chi connectivity index (χ1) is 10.1. The smallest absolute Gasteiger partial charge is 0.270 e. The van der Waals surface area contributed by atoms with Crippen molar-refractivity contribution in [3.05, 3.63) is 29.3 Å². The SMILES string of the molecule is Nc1cccc2c1C(=O)N(C(=O)CN1CCNCC1)C2=O. The van der Waals surface area contributed by atoms with Gasteiger partial charge < -0.3 is 11.1 Å². The number of rotatable bonds is 2. The largest absolute Gasteiger partial charge is 0.398 e. The van der Waals surface area contributed by atoms with Crippen molar-refractivity contribution in [1.82, 2.24) is 15.1 Å². The Labute approximate surface area is 121 Å². The summed E-state index contributed by atoms with van der Waals surface area (Å²) in [5, 5.41) is 3.18. The maximum Gasteiger partial charge on any atom is 0.270 e. The zero-order valence-electron chi connectivity index (χ0n) is 11.5. The van der Waals surface area contributed by atoms with E-state index in [1.165, 1.54) is 6.07 Å². The Morgan fingerprint density at radius 3 is 2.57 bits per heavy atom. The summed E-state index contributed by atoms with van der Waals surface area (Å²) < 4.78 is 0. The molecule has 3 rings (SSSR count). The van der Waals surface area contributed by atoms with Crippen molar-refractivity contribution in [2.24, 2.45) is 0 Å².